The van der Waals surface area contributed by atoms with Gasteiger partial charge in [-0.3, -0.25) is 9.59 Å². The number of amides is 2. The number of hydrogen-bond donors (Lipinski definition) is 3. The third kappa shape index (κ3) is 9.70. The SMILES string of the molecule is COC(C)(C)O.O=C(NCC1COC(CNC(=O)c2ccccc2Cl)C1)c1cccc(Cl)c1. The van der Waals surface area contributed by atoms with Gasteiger partial charge in [0, 0.05) is 36.7 Å². The van der Waals surface area contributed by atoms with Crippen LogP contribution in [-0.2, 0) is 9.47 Å². The van der Waals surface area contributed by atoms with E-state index in [0.29, 0.717) is 40.9 Å². The molecule has 2 amide bonds. The van der Waals surface area contributed by atoms with Gasteiger partial charge in [-0.15, -0.1) is 0 Å². The molecule has 2 atom stereocenters. The summed E-state index contributed by atoms with van der Waals surface area (Å²) in [7, 11) is 1.46. The van der Waals surface area contributed by atoms with Crippen LogP contribution in [0.5, 0.6) is 0 Å². The Kier molecular flexibility index (Phi) is 10.6. The summed E-state index contributed by atoms with van der Waals surface area (Å²) in [4.78, 5) is 24.3. The first-order valence-corrected chi connectivity index (χ1v) is 11.3. The van der Waals surface area contributed by atoms with Crippen LogP contribution < -0.4 is 10.6 Å². The average molecular weight is 497 g/mol. The highest BCUT2D eigenvalue weighted by Gasteiger charge is 2.26. The molecule has 180 valence electrons. The van der Waals surface area contributed by atoms with Gasteiger partial charge in [0.25, 0.3) is 11.8 Å². The van der Waals surface area contributed by atoms with E-state index in [1.54, 1.807) is 62.4 Å². The van der Waals surface area contributed by atoms with Crippen LogP contribution in [0.2, 0.25) is 10.0 Å². The molecule has 3 rings (SSSR count). The quantitative estimate of drug-likeness (QED) is 0.504. The van der Waals surface area contributed by atoms with E-state index in [0.717, 1.165) is 6.42 Å². The van der Waals surface area contributed by atoms with Crippen molar-refractivity contribution in [3.63, 3.8) is 0 Å². The van der Waals surface area contributed by atoms with E-state index in [9.17, 15) is 9.59 Å². The van der Waals surface area contributed by atoms with Crippen LogP contribution in [0.15, 0.2) is 48.5 Å². The van der Waals surface area contributed by atoms with E-state index in [1.807, 2.05) is 0 Å². The molecule has 1 aliphatic heterocycles. The Morgan fingerprint density at radius 1 is 1.09 bits per heavy atom. The molecule has 0 aromatic heterocycles. The predicted molar refractivity (Wildman–Crippen MR) is 129 cm³/mol. The third-order valence-electron chi connectivity index (χ3n) is 4.91. The van der Waals surface area contributed by atoms with Gasteiger partial charge in [0.1, 0.15) is 0 Å². The van der Waals surface area contributed by atoms with Crippen molar-refractivity contribution in [3.8, 4) is 0 Å². The minimum Gasteiger partial charge on any atom is -0.376 e. The summed E-state index contributed by atoms with van der Waals surface area (Å²) in [5.74, 6) is -1.13. The Balaban J connectivity index is 0.000000569. The smallest absolute Gasteiger partial charge is 0.252 e. The lowest BCUT2D eigenvalue weighted by atomic mass is 10.1. The standard InChI is InChI=1S/C20H20Cl2N2O3.C4H10O2/c21-15-5-3-4-14(9-15)19(25)23-10-13-8-16(27-12-13)11-24-20(26)17-6-1-2-7-18(17)22;1-4(2,5)6-3/h1-7,9,13,16H,8,10-12H2,(H,23,25)(H,24,26);5H,1-3H3. The first-order chi connectivity index (χ1) is 15.6. The molecule has 0 aliphatic carbocycles. The van der Waals surface area contributed by atoms with Crippen LogP contribution in [0.25, 0.3) is 0 Å². The van der Waals surface area contributed by atoms with Gasteiger partial charge in [0.05, 0.1) is 23.3 Å². The number of carbonyl (C=O) groups is 2. The Hall–Kier alpha value is -2.16. The van der Waals surface area contributed by atoms with Crippen LogP contribution >= 0.6 is 23.2 Å². The molecule has 0 radical (unpaired) electrons. The van der Waals surface area contributed by atoms with Gasteiger partial charge in [0.2, 0.25) is 0 Å². The van der Waals surface area contributed by atoms with Crippen LogP contribution in [0, 0.1) is 5.92 Å². The summed E-state index contributed by atoms with van der Waals surface area (Å²) in [6.07, 6.45) is 0.683. The van der Waals surface area contributed by atoms with Crippen molar-refractivity contribution in [1.29, 1.82) is 0 Å². The molecule has 3 N–H and O–H groups in total. The van der Waals surface area contributed by atoms with Gasteiger partial charge in [-0.1, -0.05) is 41.4 Å². The Labute approximate surface area is 204 Å². The first-order valence-electron chi connectivity index (χ1n) is 10.5. The number of aliphatic hydroxyl groups is 1. The lowest BCUT2D eigenvalue weighted by molar-refractivity contribution is -0.155. The topological polar surface area (TPSA) is 96.9 Å². The minimum atomic E-state index is -0.958. The predicted octanol–water partition coefficient (Wildman–Crippen LogP) is 3.92. The lowest BCUT2D eigenvalue weighted by Gasteiger charge is -2.12. The second-order valence-electron chi connectivity index (χ2n) is 8.12. The van der Waals surface area contributed by atoms with Gasteiger partial charge < -0.3 is 25.2 Å². The van der Waals surface area contributed by atoms with Crippen molar-refractivity contribution in [2.24, 2.45) is 5.92 Å². The molecular weight excluding hydrogens is 467 g/mol. The van der Waals surface area contributed by atoms with Crippen molar-refractivity contribution in [3.05, 3.63) is 69.7 Å². The molecule has 9 heteroatoms. The maximum absolute atomic E-state index is 12.2. The zero-order valence-corrected chi connectivity index (χ0v) is 20.4. The maximum atomic E-state index is 12.2. The Bertz CT molecular complexity index is 933. The molecule has 2 unspecified atom stereocenters. The summed E-state index contributed by atoms with van der Waals surface area (Å²) in [5, 5.41) is 15.3. The zero-order chi connectivity index (χ0) is 24.4. The summed E-state index contributed by atoms with van der Waals surface area (Å²) in [6.45, 7) is 4.62. The molecule has 1 saturated heterocycles. The summed E-state index contributed by atoms with van der Waals surface area (Å²) in [6, 6.07) is 13.7. The van der Waals surface area contributed by atoms with Gasteiger partial charge in [-0.25, -0.2) is 0 Å². The fourth-order valence-electron chi connectivity index (χ4n) is 2.98. The maximum Gasteiger partial charge on any atom is 0.252 e. The molecule has 0 saturated carbocycles. The lowest BCUT2D eigenvalue weighted by Crippen LogP contribution is -2.32. The minimum absolute atomic E-state index is 0.0792. The first kappa shape index (κ1) is 27.1. The second kappa shape index (κ2) is 12.9. The molecule has 33 heavy (non-hydrogen) atoms. The molecule has 2 aromatic carbocycles. The summed E-state index contributed by atoms with van der Waals surface area (Å²) >= 11 is 11.9. The van der Waals surface area contributed by atoms with Crippen molar-refractivity contribution in [1.82, 2.24) is 10.6 Å². The van der Waals surface area contributed by atoms with E-state index in [2.05, 4.69) is 15.4 Å². The van der Waals surface area contributed by atoms with Crippen LogP contribution in [0.4, 0.5) is 0 Å². The molecule has 7 nitrogen and oxygen atoms in total. The number of rotatable bonds is 7. The highest BCUT2D eigenvalue weighted by atomic mass is 35.5. The highest BCUT2D eigenvalue weighted by Crippen LogP contribution is 2.20. The number of methoxy groups -OCH3 is 1. The van der Waals surface area contributed by atoms with Gasteiger partial charge in [-0.2, -0.15) is 0 Å². The molecule has 0 spiro atoms. The van der Waals surface area contributed by atoms with Crippen molar-refractivity contribution < 1.29 is 24.2 Å². The molecule has 1 heterocycles. The molecule has 2 aromatic rings. The van der Waals surface area contributed by atoms with Crippen molar-refractivity contribution in [2.75, 3.05) is 26.8 Å². The monoisotopic (exact) mass is 496 g/mol. The number of hydrogen-bond acceptors (Lipinski definition) is 5. The van der Waals surface area contributed by atoms with E-state index in [4.69, 9.17) is 33.0 Å². The van der Waals surface area contributed by atoms with Crippen LogP contribution in [-0.4, -0.2) is 55.6 Å². The van der Waals surface area contributed by atoms with E-state index in [-0.39, 0.29) is 23.8 Å². The number of benzene rings is 2. The molecular formula is C24H30Cl2N2O5. The van der Waals surface area contributed by atoms with Crippen molar-refractivity contribution >= 4 is 35.0 Å². The summed E-state index contributed by atoms with van der Waals surface area (Å²) < 4.78 is 10.2. The summed E-state index contributed by atoms with van der Waals surface area (Å²) in [5.41, 5.74) is 0.979. The second-order valence-corrected chi connectivity index (χ2v) is 8.96. The average Bonchev–Trinajstić information content (AvgIpc) is 3.24. The number of carbonyl (C=O) groups excluding carboxylic acids is 2. The molecule has 1 fully saturated rings. The normalized spacial score (nSPS) is 17.6. The van der Waals surface area contributed by atoms with E-state index in [1.165, 1.54) is 7.11 Å². The highest BCUT2D eigenvalue weighted by molar-refractivity contribution is 6.33. The number of halogens is 2. The molecule has 1 aliphatic rings. The largest absolute Gasteiger partial charge is 0.376 e. The molecule has 0 bridgehead atoms. The number of nitrogens with one attached hydrogen (secondary N) is 2. The Morgan fingerprint density at radius 2 is 1.76 bits per heavy atom. The van der Waals surface area contributed by atoms with Gasteiger partial charge >= 0.3 is 0 Å². The van der Waals surface area contributed by atoms with E-state index >= 15 is 0 Å². The van der Waals surface area contributed by atoms with Gasteiger partial charge in [0.15, 0.2) is 5.79 Å². The third-order valence-corrected chi connectivity index (χ3v) is 5.47. The zero-order valence-electron chi connectivity index (χ0n) is 18.9. The van der Waals surface area contributed by atoms with Crippen molar-refractivity contribution in [2.45, 2.75) is 32.2 Å². The van der Waals surface area contributed by atoms with Gasteiger partial charge in [-0.05, 0) is 50.6 Å². The van der Waals surface area contributed by atoms with Crippen LogP contribution in [0.3, 0.4) is 0 Å². The fourth-order valence-corrected chi connectivity index (χ4v) is 3.39. The van der Waals surface area contributed by atoms with Crippen LogP contribution in [0.1, 0.15) is 41.0 Å². The fraction of sp³-hybridized carbons (Fsp3) is 0.417. The number of ether oxygens (including phenoxy) is 2. The Morgan fingerprint density at radius 3 is 2.39 bits per heavy atom. The van der Waals surface area contributed by atoms with E-state index < -0.39 is 5.79 Å².